The average molecular weight is 280 g/mol. The first kappa shape index (κ1) is 13.3. The van der Waals surface area contributed by atoms with Crippen molar-refractivity contribution >= 4 is 42.8 Å². The maximum Gasteiger partial charge on any atom is 0.128 e. The molecular weight excluding hydrogens is 264 g/mol. The molecule has 4 heteroatoms. The van der Waals surface area contributed by atoms with Crippen LogP contribution < -0.4 is 0 Å². The molecule has 0 aliphatic heterocycles. The second-order valence-electron chi connectivity index (χ2n) is 3.90. The van der Waals surface area contributed by atoms with Crippen LogP contribution in [0.3, 0.4) is 0 Å². The lowest BCUT2D eigenvalue weighted by Crippen LogP contribution is -1.85. The molecule has 2 heterocycles. The van der Waals surface area contributed by atoms with Crippen molar-refractivity contribution in [3.63, 3.8) is 0 Å². The minimum absolute atomic E-state index is 0.490. The number of fused-ring (bicyclic) bond motifs is 3. The van der Waals surface area contributed by atoms with Crippen molar-refractivity contribution in [2.75, 3.05) is 7.11 Å². The molecule has 0 aliphatic rings. The van der Waals surface area contributed by atoms with Gasteiger partial charge in [-0.3, -0.25) is 0 Å². The molecule has 3 rings (SSSR count). The zero-order chi connectivity index (χ0) is 13.1. The normalized spacial score (nSPS) is 10.6. The summed E-state index contributed by atoms with van der Waals surface area (Å²) in [6, 6.07) is 4.15. The molecule has 0 fully saturated rings. The molecule has 2 aromatic heterocycles. The summed E-state index contributed by atoms with van der Waals surface area (Å²) < 4.78 is 2.55. The van der Waals surface area contributed by atoms with E-state index in [0.717, 1.165) is 30.9 Å². The second kappa shape index (κ2) is 5.69. The molecular formula is C14H16O2S2. The van der Waals surface area contributed by atoms with E-state index in [1.807, 2.05) is 6.07 Å². The lowest BCUT2D eigenvalue weighted by atomic mass is 10.0. The van der Waals surface area contributed by atoms with Crippen LogP contribution in [0.25, 0.3) is 20.2 Å². The number of rotatable bonds is 2. The van der Waals surface area contributed by atoms with Gasteiger partial charge in [-0.25, -0.2) is 0 Å². The molecule has 3 aromatic rings. The third-order valence-electron chi connectivity index (χ3n) is 2.90. The van der Waals surface area contributed by atoms with Gasteiger partial charge in [0.05, 0.1) is 9.40 Å². The Kier molecular flexibility index (Phi) is 4.22. The molecule has 0 unspecified atom stereocenters. The van der Waals surface area contributed by atoms with Gasteiger partial charge in [-0.05, 0) is 29.3 Å². The smallest absolute Gasteiger partial charge is 0.128 e. The van der Waals surface area contributed by atoms with Crippen molar-refractivity contribution in [1.29, 1.82) is 0 Å². The Morgan fingerprint density at radius 2 is 1.56 bits per heavy atom. The van der Waals surface area contributed by atoms with E-state index in [-0.39, 0.29) is 0 Å². The number of thiophene rings is 2. The number of hydrogen-bond donors (Lipinski definition) is 2. The van der Waals surface area contributed by atoms with Gasteiger partial charge < -0.3 is 10.2 Å². The van der Waals surface area contributed by atoms with E-state index in [1.165, 1.54) is 14.8 Å². The van der Waals surface area contributed by atoms with Crippen LogP contribution in [0.2, 0.25) is 0 Å². The van der Waals surface area contributed by atoms with Crippen molar-refractivity contribution in [1.82, 2.24) is 0 Å². The zero-order valence-corrected chi connectivity index (χ0v) is 12.1. The number of phenols is 1. The monoisotopic (exact) mass is 280 g/mol. The lowest BCUT2D eigenvalue weighted by molar-refractivity contribution is 0.399. The summed E-state index contributed by atoms with van der Waals surface area (Å²) in [5, 5.41) is 23.7. The van der Waals surface area contributed by atoms with Gasteiger partial charge in [0.1, 0.15) is 5.75 Å². The molecule has 2 N–H and O–H groups in total. The summed E-state index contributed by atoms with van der Waals surface area (Å²) in [5.74, 6) is 0.490. The number of phenolic OH excluding ortho intramolecular Hbond substituents is 1. The van der Waals surface area contributed by atoms with Gasteiger partial charge in [0, 0.05) is 23.4 Å². The summed E-state index contributed by atoms with van der Waals surface area (Å²) in [6.45, 7) is 2.15. The summed E-state index contributed by atoms with van der Waals surface area (Å²) in [7, 11) is 1.00. The number of aliphatic hydroxyl groups excluding tert-OH is 1. The number of aromatic hydroxyl groups is 1. The topological polar surface area (TPSA) is 40.5 Å². The molecule has 0 atom stereocenters. The maximum atomic E-state index is 10.3. The Bertz CT molecular complexity index is 652. The molecule has 0 saturated heterocycles. The highest BCUT2D eigenvalue weighted by Crippen LogP contribution is 2.42. The molecule has 96 valence electrons. The third kappa shape index (κ3) is 2.00. The fourth-order valence-electron chi connectivity index (χ4n) is 2.19. The number of hydrogen-bond acceptors (Lipinski definition) is 4. The summed E-state index contributed by atoms with van der Waals surface area (Å²) >= 11 is 3.48. The highest BCUT2D eigenvalue weighted by atomic mass is 32.1. The molecule has 1 aromatic carbocycles. The fraction of sp³-hybridized carbons (Fsp3) is 0.286. The lowest BCUT2D eigenvalue weighted by Gasteiger charge is -2.07. The minimum atomic E-state index is 0.490. The van der Waals surface area contributed by atoms with Gasteiger partial charge >= 0.3 is 0 Å². The van der Waals surface area contributed by atoms with E-state index in [4.69, 9.17) is 5.11 Å². The fourth-order valence-corrected chi connectivity index (χ4v) is 4.20. The standard InChI is InChI=1S/C13H12OS2.CH4O/c1-2-3-8-9-4-6-15-12(9)13-10(11(8)14)5-7-16-13;1-2/h4-7,14H,2-3H2,1H3;2H,1H3. The van der Waals surface area contributed by atoms with E-state index in [2.05, 4.69) is 23.8 Å². The van der Waals surface area contributed by atoms with Crippen molar-refractivity contribution < 1.29 is 10.2 Å². The van der Waals surface area contributed by atoms with E-state index < -0.39 is 0 Å². The molecule has 18 heavy (non-hydrogen) atoms. The maximum absolute atomic E-state index is 10.3. The Morgan fingerprint density at radius 1 is 1.00 bits per heavy atom. The molecule has 0 bridgehead atoms. The quantitative estimate of drug-likeness (QED) is 0.731. The van der Waals surface area contributed by atoms with Crippen LogP contribution in [0.1, 0.15) is 18.9 Å². The van der Waals surface area contributed by atoms with Gasteiger partial charge in [-0.1, -0.05) is 13.3 Å². The Labute approximate surface area is 114 Å². The highest BCUT2D eigenvalue weighted by molar-refractivity contribution is 7.25. The van der Waals surface area contributed by atoms with Crippen LogP contribution in [0.5, 0.6) is 5.75 Å². The van der Waals surface area contributed by atoms with Crippen LogP contribution in [0.4, 0.5) is 0 Å². The average Bonchev–Trinajstić information content (AvgIpc) is 3.04. The van der Waals surface area contributed by atoms with Crippen molar-refractivity contribution in [3.8, 4) is 5.75 Å². The first-order valence-corrected chi connectivity index (χ1v) is 7.61. The van der Waals surface area contributed by atoms with Crippen molar-refractivity contribution in [2.45, 2.75) is 19.8 Å². The van der Waals surface area contributed by atoms with E-state index in [1.54, 1.807) is 22.7 Å². The van der Waals surface area contributed by atoms with E-state index >= 15 is 0 Å². The van der Waals surface area contributed by atoms with E-state index in [9.17, 15) is 5.11 Å². The molecule has 0 radical (unpaired) electrons. The largest absolute Gasteiger partial charge is 0.507 e. The molecule has 0 spiro atoms. The predicted octanol–water partition coefficient (Wildman–Crippen LogP) is 4.38. The van der Waals surface area contributed by atoms with Crippen LogP contribution in [0.15, 0.2) is 22.9 Å². The van der Waals surface area contributed by atoms with Crippen molar-refractivity contribution in [3.05, 3.63) is 28.5 Å². The summed E-state index contributed by atoms with van der Waals surface area (Å²) in [4.78, 5) is 0. The molecule has 2 nitrogen and oxygen atoms in total. The Hall–Kier alpha value is -1.10. The highest BCUT2D eigenvalue weighted by Gasteiger charge is 2.14. The molecule has 0 aliphatic carbocycles. The molecule has 0 amide bonds. The van der Waals surface area contributed by atoms with Crippen LogP contribution in [0, 0.1) is 0 Å². The Morgan fingerprint density at radius 3 is 2.17 bits per heavy atom. The van der Waals surface area contributed by atoms with Crippen LogP contribution in [-0.2, 0) is 6.42 Å². The zero-order valence-electron chi connectivity index (χ0n) is 10.4. The van der Waals surface area contributed by atoms with Gasteiger partial charge in [-0.15, -0.1) is 22.7 Å². The second-order valence-corrected chi connectivity index (χ2v) is 5.74. The SMILES string of the molecule is CCCc1c(O)c2ccsc2c2sccc12.CO. The van der Waals surface area contributed by atoms with Crippen LogP contribution >= 0.6 is 22.7 Å². The molecule has 0 saturated carbocycles. The summed E-state index contributed by atoms with van der Waals surface area (Å²) in [6.07, 6.45) is 2.01. The number of benzene rings is 1. The number of aliphatic hydroxyl groups is 1. The summed E-state index contributed by atoms with van der Waals surface area (Å²) in [5.41, 5.74) is 1.12. The number of aryl methyl sites for hydroxylation is 1. The van der Waals surface area contributed by atoms with Gasteiger partial charge in [-0.2, -0.15) is 0 Å². The predicted molar refractivity (Wildman–Crippen MR) is 81.0 cm³/mol. The first-order valence-electron chi connectivity index (χ1n) is 5.86. The van der Waals surface area contributed by atoms with Gasteiger partial charge in [0.25, 0.3) is 0 Å². The minimum Gasteiger partial charge on any atom is -0.507 e. The first-order chi connectivity index (χ1) is 8.83. The van der Waals surface area contributed by atoms with Crippen LogP contribution in [-0.4, -0.2) is 17.3 Å². The van der Waals surface area contributed by atoms with Crippen molar-refractivity contribution in [2.24, 2.45) is 0 Å². The van der Waals surface area contributed by atoms with E-state index in [0.29, 0.717) is 5.75 Å². The Balaban J connectivity index is 0.000000574. The van der Waals surface area contributed by atoms with Gasteiger partial charge in [0.2, 0.25) is 0 Å². The third-order valence-corrected chi connectivity index (χ3v) is 4.90. The van der Waals surface area contributed by atoms with Gasteiger partial charge in [0.15, 0.2) is 0 Å².